The molecule has 3 rings (SSSR count). The summed E-state index contributed by atoms with van der Waals surface area (Å²) in [5.41, 5.74) is 1.31. The molecule has 1 saturated heterocycles. The summed E-state index contributed by atoms with van der Waals surface area (Å²) in [6.45, 7) is 3.33. The number of amides is 2. The molecule has 2 unspecified atom stereocenters. The second kappa shape index (κ2) is 4.26. The number of thioether (sulfide) groups is 1. The quantitative estimate of drug-likeness (QED) is 0.570. The maximum atomic E-state index is 12.1. The SMILES string of the molecule is CCC1OC(=O)C2=C1CS[C@H]1C(NC(C)=O)C(=O)N21. The van der Waals surface area contributed by atoms with Gasteiger partial charge in [0.25, 0.3) is 5.91 Å². The van der Waals surface area contributed by atoms with Gasteiger partial charge in [0.05, 0.1) is 0 Å². The number of hydrogen-bond acceptors (Lipinski definition) is 5. The highest BCUT2D eigenvalue weighted by Gasteiger charge is 2.56. The van der Waals surface area contributed by atoms with Crippen molar-refractivity contribution in [2.45, 2.75) is 37.8 Å². The van der Waals surface area contributed by atoms with Crippen molar-refractivity contribution in [2.24, 2.45) is 0 Å². The molecule has 0 aromatic carbocycles. The molecular formula is C12H14N2O4S. The maximum absolute atomic E-state index is 12.1. The number of β-lactam (4-membered cyclic amide) rings is 1. The number of fused-ring (bicyclic) bond motifs is 2. The van der Waals surface area contributed by atoms with E-state index >= 15 is 0 Å². The second-order valence-electron chi connectivity index (χ2n) is 4.76. The van der Waals surface area contributed by atoms with Crippen LogP contribution >= 0.6 is 11.8 Å². The molecule has 102 valence electrons. The third kappa shape index (κ3) is 1.68. The first-order valence-electron chi connectivity index (χ1n) is 6.20. The highest BCUT2D eigenvalue weighted by atomic mass is 32.2. The predicted octanol–water partition coefficient (Wildman–Crippen LogP) is -0.00430. The molecule has 0 spiro atoms. The van der Waals surface area contributed by atoms with Crippen LogP contribution in [0, 0.1) is 0 Å². The largest absolute Gasteiger partial charge is 0.453 e. The minimum atomic E-state index is -0.523. The Bertz CT molecular complexity index is 516. The number of cyclic esters (lactones) is 1. The van der Waals surface area contributed by atoms with Crippen LogP contribution in [0.2, 0.25) is 0 Å². The minimum Gasteiger partial charge on any atom is -0.453 e. The summed E-state index contributed by atoms with van der Waals surface area (Å²) >= 11 is 1.56. The zero-order valence-corrected chi connectivity index (χ0v) is 11.5. The number of hydrogen-bond donors (Lipinski definition) is 1. The zero-order valence-electron chi connectivity index (χ0n) is 10.6. The molecule has 3 aliphatic rings. The molecule has 2 amide bonds. The van der Waals surface area contributed by atoms with Crippen LogP contribution < -0.4 is 5.32 Å². The molecule has 0 radical (unpaired) electrons. The first kappa shape index (κ1) is 12.5. The van der Waals surface area contributed by atoms with Gasteiger partial charge in [0, 0.05) is 18.2 Å². The number of carbonyl (C=O) groups is 3. The summed E-state index contributed by atoms with van der Waals surface area (Å²) in [4.78, 5) is 36.5. The molecule has 1 N–H and O–H groups in total. The third-order valence-electron chi connectivity index (χ3n) is 3.56. The van der Waals surface area contributed by atoms with Gasteiger partial charge in [-0.25, -0.2) is 4.79 Å². The molecule has 19 heavy (non-hydrogen) atoms. The Morgan fingerprint density at radius 2 is 2.26 bits per heavy atom. The first-order chi connectivity index (χ1) is 9.04. The fraction of sp³-hybridized carbons (Fsp3) is 0.583. The summed E-state index contributed by atoms with van der Waals surface area (Å²) in [6, 6.07) is -0.523. The van der Waals surface area contributed by atoms with E-state index in [1.807, 2.05) is 6.92 Å². The van der Waals surface area contributed by atoms with E-state index in [0.717, 1.165) is 5.57 Å². The van der Waals surface area contributed by atoms with E-state index in [-0.39, 0.29) is 23.3 Å². The van der Waals surface area contributed by atoms with Gasteiger partial charge in [-0.05, 0) is 6.42 Å². The number of ether oxygens (including phenoxy) is 1. The van der Waals surface area contributed by atoms with E-state index in [4.69, 9.17) is 4.74 Å². The van der Waals surface area contributed by atoms with Crippen molar-refractivity contribution in [3.05, 3.63) is 11.3 Å². The van der Waals surface area contributed by atoms with Crippen LogP contribution in [0.4, 0.5) is 0 Å². The van der Waals surface area contributed by atoms with Crippen molar-refractivity contribution in [3.63, 3.8) is 0 Å². The van der Waals surface area contributed by atoms with Crippen LogP contribution in [0.25, 0.3) is 0 Å². The minimum absolute atomic E-state index is 0.182. The number of nitrogens with zero attached hydrogens (tertiary/aromatic N) is 1. The maximum Gasteiger partial charge on any atom is 0.355 e. The van der Waals surface area contributed by atoms with Gasteiger partial charge in [-0.2, -0.15) is 0 Å². The predicted molar refractivity (Wildman–Crippen MR) is 67.9 cm³/mol. The molecule has 1 fully saturated rings. The highest BCUT2D eigenvalue weighted by Crippen LogP contribution is 2.44. The molecule has 3 aliphatic heterocycles. The van der Waals surface area contributed by atoms with Crippen molar-refractivity contribution in [1.29, 1.82) is 0 Å². The summed E-state index contributed by atoms with van der Waals surface area (Å²) in [5.74, 6) is -0.210. The Hall–Kier alpha value is -1.50. The zero-order chi connectivity index (χ0) is 13.7. The van der Waals surface area contributed by atoms with Crippen molar-refractivity contribution in [3.8, 4) is 0 Å². The van der Waals surface area contributed by atoms with Gasteiger partial charge in [0.2, 0.25) is 5.91 Å². The lowest BCUT2D eigenvalue weighted by Gasteiger charge is -2.48. The average Bonchev–Trinajstić information content (AvgIpc) is 2.71. The van der Waals surface area contributed by atoms with Gasteiger partial charge in [-0.3, -0.25) is 14.5 Å². The molecule has 0 aromatic heterocycles. The lowest BCUT2D eigenvalue weighted by molar-refractivity contribution is -0.151. The summed E-state index contributed by atoms with van der Waals surface area (Å²) in [5, 5.41) is 2.44. The lowest BCUT2D eigenvalue weighted by atomic mass is 10.0. The van der Waals surface area contributed by atoms with Crippen molar-refractivity contribution >= 4 is 29.5 Å². The molecule has 0 saturated carbocycles. The van der Waals surface area contributed by atoms with Crippen LogP contribution in [0.5, 0.6) is 0 Å². The summed E-state index contributed by atoms with van der Waals surface area (Å²) in [7, 11) is 0. The van der Waals surface area contributed by atoms with Crippen LogP contribution in [0.1, 0.15) is 20.3 Å². The van der Waals surface area contributed by atoms with E-state index < -0.39 is 12.0 Å². The average molecular weight is 282 g/mol. The van der Waals surface area contributed by atoms with Gasteiger partial charge >= 0.3 is 5.97 Å². The molecule has 3 atom stereocenters. The number of esters is 1. The Balaban J connectivity index is 1.87. The second-order valence-corrected chi connectivity index (χ2v) is 5.87. The normalized spacial score (nSPS) is 32.5. The van der Waals surface area contributed by atoms with Crippen LogP contribution in [-0.4, -0.2) is 46.0 Å². The van der Waals surface area contributed by atoms with Crippen molar-refractivity contribution in [2.75, 3.05) is 5.75 Å². The molecule has 0 aromatic rings. The fourth-order valence-electron chi connectivity index (χ4n) is 2.68. The number of rotatable bonds is 2. The molecule has 0 aliphatic carbocycles. The summed E-state index contributed by atoms with van der Waals surface area (Å²) < 4.78 is 5.27. The van der Waals surface area contributed by atoms with Gasteiger partial charge in [0.15, 0.2) is 0 Å². The first-order valence-corrected chi connectivity index (χ1v) is 7.25. The smallest absolute Gasteiger partial charge is 0.355 e. The monoisotopic (exact) mass is 282 g/mol. The summed E-state index contributed by atoms with van der Waals surface area (Å²) in [6.07, 6.45) is 0.510. The topological polar surface area (TPSA) is 75.7 Å². The standard InChI is InChI=1S/C12H14N2O4S/c1-3-7-6-4-19-11-8(13-5(2)15)10(16)14(11)9(6)12(17)18-7/h7-8,11H,3-4H2,1-2H3,(H,13,15)/t7?,8?,11-/m0/s1. The molecule has 0 bridgehead atoms. The Labute approximate surface area is 114 Å². The number of carbonyl (C=O) groups excluding carboxylic acids is 3. The van der Waals surface area contributed by atoms with E-state index in [2.05, 4.69) is 5.32 Å². The van der Waals surface area contributed by atoms with Gasteiger partial charge in [-0.1, -0.05) is 6.92 Å². The lowest BCUT2D eigenvalue weighted by Crippen LogP contribution is -2.70. The third-order valence-corrected chi connectivity index (χ3v) is 4.86. The number of nitrogens with one attached hydrogen (secondary N) is 1. The fourth-order valence-corrected chi connectivity index (χ4v) is 4.09. The van der Waals surface area contributed by atoms with Gasteiger partial charge in [-0.15, -0.1) is 11.8 Å². The molecular weight excluding hydrogens is 268 g/mol. The van der Waals surface area contributed by atoms with Crippen LogP contribution in [0.15, 0.2) is 11.3 Å². The van der Waals surface area contributed by atoms with Gasteiger partial charge < -0.3 is 10.1 Å². The highest BCUT2D eigenvalue weighted by molar-refractivity contribution is 8.00. The van der Waals surface area contributed by atoms with E-state index in [1.54, 1.807) is 11.8 Å². The Morgan fingerprint density at radius 1 is 1.53 bits per heavy atom. The molecule has 3 heterocycles. The van der Waals surface area contributed by atoms with Gasteiger partial charge in [0.1, 0.15) is 23.2 Å². The molecule has 7 heteroatoms. The van der Waals surface area contributed by atoms with E-state index in [1.165, 1.54) is 11.8 Å². The Morgan fingerprint density at radius 3 is 2.89 bits per heavy atom. The van der Waals surface area contributed by atoms with E-state index in [9.17, 15) is 14.4 Å². The van der Waals surface area contributed by atoms with Crippen LogP contribution in [0.3, 0.4) is 0 Å². The van der Waals surface area contributed by atoms with Crippen LogP contribution in [-0.2, 0) is 19.1 Å². The molecule has 6 nitrogen and oxygen atoms in total. The Kier molecular flexibility index (Phi) is 2.81. The van der Waals surface area contributed by atoms with Crippen molar-refractivity contribution < 1.29 is 19.1 Å². The van der Waals surface area contributed by atoms with Crippen molar-refractivity contribution in [1.82, 2.24) is 10.2 Å². The van der Waals surface area contributed by atoms with E-state index in [0.29, 0.717) is 17.9 Å².